The Bertz CT molecular complexity index is 701. The molecular formula is C16H16N2O2. The SMILES string of the molecule is CCOc1c(OC)cccc1-c1nc2ccccc2[nH]1. The van der Waals surface area contributed by atoms with Gasteiger partial charge in [0.2, 0.25) is 0 Å². The molecule has 0 aliphatic rings. The van der Waals surface area contributed by atoms with Crippen LogP contribution in [0.3, 0.4) is 0 Å². The molecule has 0 amide bonds. The second-order valence-corrected chi connectivity index (χ2v) is 4.37. The number of methoxy groups -OCH3 is 1. The molecule has 1 heterocycles. The van der Waals surface area contributed by atoms with Crippen LogP contribution in [0.25, 0.3) is 22.4 Å². The number of benzene rings is 2. The molecule has 20 heavy (non-hydrogen) atoms. The summed E-state index contributed by atoms with van der Waals surface area (Å²) in [6.07, 6.45) is 0. The fourth-order valence-electron chi connectivity index (χ4n) is 2.24. The van der Waals surface area contributed by atoms with E-state index in [0.717, 1.165) is 28.2 Å². The maximum absolute atomic E-state index is 5.72. The minimum atomic E-state index is 0.577. The Morgan fingerprint density at radius 3 is 2.70 bits per heavy atom. The molecule has 3 aromatic rings. The summed E-state index contributed by atoms with van der Waals surface area (Å²) in [5.41, 5.74) is 2.85. The molecule has 3 rings (SSSR count). The van der Waals surface area contributed by atoms with Crippen molar-refractivity contribution in [3.8, 4) is 22.9 Å². The molecule has 0 atom stereocenters. The Balaban J connectivity index is 2.17. The van der Waals surface area contributed by atoms with E-state index >= 15 is 0 Å². The first-order chi connectivity index (χ1) is 9.83. The zero-order valence-corrected chi connectivity index (χ0v) is 11.5. The number of nitrogens with zero attached hydrogens (tertiary/aromatic N) is 1. The molecule has 0 aliphatic carbocycles. The first-order valence-corrected chi connectivity index (χ1v) is 6.58. The summed E-state index contributed by atoms with van der Waals surface area (Å²) in [7, 11) is 1.64. The molecule has 0 saturated carbocycles. The molecule has 4 nitrogen and oxygen atoms in total. The fraction of sp³-hybridized carbons (Fsp3) is 0.188. The third-order valence-electron chi connectivity index (χ3n) is 3.13. The zero-order valence-electron chi connectivity index (χ0n) is 11.5. The molecule has 1 N–H and O–H groups in total. The van der Waals surface area contributed by atoms with Crippen LogP contribution in [-0.2, 0) is 0 Å². The van der Waals surface area contributed by atoms with E-state index in [1.165, 1.54) is 0 Å². The number of imidazole rings is 1. The lowest BCUT2D eigenvalue weighted by Gasteiger charge is -2.12. The van der Waals surface area contributed by atoms with Gasteiger partial charge in [0.1, 0.15) is 5.82 Å². The number of fused-ring (bicyclic) bond motifs is 1. The van der Waals surface area contributed by atoms with Gasteiger partial charge in [0.05, 0.1) is 30.3 Å². The molecule has 2 aromatic carbocycles. The lowest BCUT2D eigenvalue weighted by atomic mass is 10.1. The van der Waals surface area contributed by atoms with E-state index < -0.39 is 0 Å². The Morgan fingerprint density at radius 1 is 1.10 bits per heavy atom. The number of ether oxygens (including phenoxy) is 2. The highest BCUT2D eigenvalue weighted by atomic mass is 16.5. The molecule has 0 radical (unpaired) electrons. The van der Waals surface area contributed by atoms with E-state index in [0.29, 0.717) is 12.4 Å². The summed E-state index contributed by atoms with van der Waals surface area (Å²) in [5.74, 6) is 2.22. The molecule has 0 bridgehead atoms. The van der Waals surface area contributed by atoms with Crippen LogP contribution in [0.2, 0.25) is 0 Å². The van der Waals surface area contributed by atoms with Gasteiger partial charge in [0, 0.05) is 0 Å². The quantitative estimate of drug-likeness (QED) is 0.785. The number of aromatic nitrogens is 2. The van der Waals surface area contributed by atoms with Crippen molar-refractivity contribution < 1.29 is 9.47 Å². The van der Waals surface area contributed by atoms with Crippen LogP contribution < -0.4 is 9.47 Å². The summed E-state index contributed by atoms with van der Waals surface area (Å²) in [6.45, 7) is 2.53. The molecule has 0 unspecified atom stereocenters. The van der Waals surface area contributed by atoms with Crippen LogP contribution in [0.1, 0.15) is 6.92 Å². The van der Waals surface area contributed by atoms with E-state index in [1.807, 2.05) is 49.4 Å². The molecule has 102 valence electrons. The van der Waals surface area contributed by atoms with Crippen molar-refractivity contribution in [1.82, 2.24) is 9.97 Å². The average molecular weight is 268 g/mol. The molecular weight excluding hydrogens is 252 g/mol. The van der Waals surface area contributed by atoms with Crippen LogP contribution in [0.4, 0.5) is 0 Å². The summed E-state index contributed by atoms with van der Waals surface area (Å²) in [4.78, 5) is 7.93. The lowest BCUT2D eigenvalue weighted by molar-refractivity contribution is 0.312. The third-order valence-corrected chi connectivity index (χ3v) is 3.13. The smallest absolute Gasteiger partial charge is 0.172 e. The maximum Gasteiger partial charge on any atom is 0.172 e. The summed E-state index contributed by atoms with van der Waals surface area (Å²) in [5, 5.41) is 0. The maximum atomic E-state index is 5.72. The van der Waals surface area contributed by atoms with Crippen LogP contribution in [0.15, 0.2) is 42.5 Å². The second kappa shape index (κ2) is 5.25. The summed E-state index contributed by atoms with van der Waals surface area (Å²) >= 11 is 0. The second-order valence-electron chi connectivity index (χ2n) is 4.37. The third kappa shape index (κ3) is 2.09. The molecule has 0 spiro atoms. The van der Waals surface area contributed by atoms with Gasteiger partial charge in [0.15, 0.2) is 11.5 Å². The van der Waals surface area contributed by atoms with Gasteiger partial charge >= 0.3 is 0 Å². The Hall–Kier alpha value is -2.49. The Labute approximate surface area is 117 Å². The normalized spacial score (nSPS) is 10.7. The number of hydrogen-bond acceptors (Lipinski definition) is 3. The van der Waals surface area contributed by atoms with Gasteiger partial charge in [-0.3, -0.25) is 0 Å². The first-order valence-electron chi connectivity index (χ1n) is 6.58. The Kier molecular flexibility index (Phi) is 3.29. The fourth-order valence-corrected chi connectivity index (χ4v) is 2.24. The van der Waals surface area contributed by atoms with Crippen molar-refractivity contribution >= 4 is 11.0 Å². The van der Waals surface area contributed by atoms with E-state index in [4.69, 9.17) is 9.47 Å². The van der Waals surface area contributed by atoms with Gasteiger partial charge in [-0.05, 0) is 31.2 Å². The van der Waals surface area contributed by atoms with Gasteiger partial charge in [-0.15, -0.1) is 0 Å². The van der Waals surface area contributed by atoms with Crippen LogP contribution in [0.5, 0.6) is 11.5 Å². The van der Waals surface area contributed by atoms with Crippen molar-refractivity contribution in [2.24, 2.45) is 0 Å². The molecule has 1 aromatic heterocycles. The van der Waals surface area contributed by atoms with Gasteiger partial charge in [-0.25, -0.2) is 4.98 Å². The van der Waals surface area contributed by atoms with Crippen molar-refractivity contribution in [2.45, 2.75) is 6.92 Å². The lowest BCUT2D eigenvalue weighted by Crippen LogP contribution is -1.98. The average Bonchev–Trinajstić information content (AvgIpc) is 2.91. The van der Waals surface area contributed by atoms with E-state index in [2.05, 4.69) is 9.97 Å². The van der Waals surface area contributed by atoms with Crippen molar-refractivity contribution in [1.29, 1.82) is 0 Å². The summed E-state index contributed by atoms with van der Waals surface area (Å²) < 4.78 is 11.1. The number of rotatable bonds is 4. The van der Waals surface area contributed by atoms with Crippen LogP contribution in [0, 0.1) is 0 Å². The first kappa shape index (κ1) is 12.5. The molecule has 0 fully saturated rings. The minimum Gasteiger partial charge on any atom is -0.493 e. The molecule has 4 heteroatoms. The highest BCUT2D eigenvalue weighted by molar-refractivity contribution is 5.81. The highest BCUT2D eigenvalue weighted by Gasteiger charge is 2.14. The topological polar surface area (TPSA) is 47.1 Å². The largest absolute Gasteiger partial charge is 0.493 e. The van der Waals surface area contributed by atoms with Crippen molar-refractivity contribution in [2.75, 3.05) is 13.7 Å². The summed E-state index contributed by atoms with van der Waals surface area (Å²) in [6, 6.07) is 13.7. The zero-order chi connectivity index (χ0) is 13.9. The standard InChI is InChI=1S/C16H16N2O2/c1-3-20-15-11(7-6-10-14(15)19-2)16-17-12-8-4-5-9-13(12)18-16/h4-10H,3H2,1-2H3,(H,17,18). The van der Waals surface area contributed by atoms with E-state index in [9.17, 15) is 0 Å². The highest BCUT2D eigenvalue weighted by Crippen LogP contribution is 2.37. The number of aromatic amines is 1. The van der Waals surface area contributed by atoms with Gasteiger partial charge in [-0.2, -0.15) is 0 Å². The van der Waals surface area contributed by atoms with Gasteiger partial charge in [-0.1, -0.05) is 18.2 Å². The number of nitrogens with one attached hydrogen (secondary N) is 1. The van der Waals surface area contributed by atoms with E-state index in [1.54, 1.807) is 7.11 Å². The molecule has 0 aliphatic heterocycles. The predicted molar refractivity (Wildman–Crippen MR) is 79.3 cm³/mol. The van der Waals surface area contributed by atoms with E-state index in [-0.39, 0.29) is 0 Å². The van der Waals surface area contributed by atoms with Gasteiger partial charge < -0.3 is 14.5 Å². The van der Waals surface area contributed by atoms with Crippen LogP contribution >= 0.6 is 0 Å². The van der Waals surface area contributed by atoms with Crippen LogP contribution in [-0.4, -0.2) is 23.7 Å². The van der Waals surface area contributed by atoms with Gasteiger partial charge in [0.25, 0.3) is 0 Å². The minimum absolute atomic E-state index is 0.577. The number of hydrogen-bond donors (Lipinski definition) is 1. The van der Waals surface area contributed by atoms with Crippen molar-refractivity contribution in [3.63, 3.8) is 0 Å². The number of H-pyrrole nitrogens is 1. The predicted octanol–water partition coefficient (Wildman–Crippen LogP) is 3.64. The monoisotopic (exact) mass is 268 g/mol. The number of para-hydroxylation sites is 3. The Morgan fingerprint density at radius 2 is 1.95 bits per heavy atom. The molecule has 0 saturated heterocycles. The van der Waals surface area contributed by atoms with Crippen molar-refractivity contribution in [3.05, 3.63) is 42.5 Å².